The van der Waals surface area contributed by atoms with Crippen LogP contribution in [-0.2, 0) is 4.79 Å². The summed E-state index contributed by atoms with van der Waals surface area (Å²) in [5.74, 6) is -1.36. The van der Waals surface area contributed by atoms with E-state index in [0.29, 0.717) is 17.9 Å². The number of aromatic hydroxyl groups is 1. The Hall–Kier alpha value is -1.55. The molecule has 0 spiro atoms. The second kappa shape index (κ2) is 9.40. The molecule has 1 rings (SSSR count). The first-order valence-electron chi connectivity index (χ1n) is 7.07. The summed E-state index contributed by atoms with van der Waals surface area (Å²) >= 11 is 5.77. The maximum Gasteiger partial charge on any atom is 0.303 e. The summed E-state index contributed by atoms with van der Waals surface area (Å²) in [6.07, 6.45) is 6.53. The van der Waals surface area contributed by atoms with Gasteiger partial charge in [-0.1, -0.05) is 30.9 Å². The summed E-state index contributed by atoms with van der Waals surface area (Å²) < 4.78 is 13.9. The summed E-state index contributed by atoms with van der Waals surface area (Å²) in [5.41, 5.74) is 0.115. The number of carboxylic acid groups (broad SMARTS) is 1. The molecule has 116 valence electrons. The molecule has 0 unspecified atom stereocenters. The van der Waals surface area contributed by atoms with E-state index in [1.54, 1.807) is 0 Å². The van der Waals surface area contributed by atoms with Crippen molar-refractivity contribution in [3.05, 3.63) is 34.9 Å². The van der Waals surface area contributed by atoms with Crippen molar-refractivity contribution in [2.75, 3.05) is 0 Å². The molecule has 3 nitrogen and oxygen atoms in total. The van der Waals surface area contributed by atoms with Crippen LogP contribution in [0.15, 0.2) is 24.3 Å². The van der Waals surface area contributed by atoms with Crippen molar-refractivity contribution < 1.29 is 19.4 Å². The highest BCUT2D eigenvalue weighted by atomic mass is 35.5. The molecule has 0 atom stereocenters. The fourth-order valence-electron chi connectivity index (χ4n) is 1.99. The monoisotopic (exact) mass is 314 g/mol. The number of unbranched alkanes of at least 4 members (excludes halogenated alkanes) is 5. The number of benzene rings is 1. The van der Waals surface area contributed by atoms with E-state index in [2.05, 4.69) is 0 Å². The van der Waals surface area contributed by atoms with Gasteiger partial charge in [0.15, 0.2) is 0 Å². The lowest BCUT2D eigenvalue weighted by molar-refractivity contribution is -0.137. The molecular formula is C16H20ClFO3. The van der Waals surface area contributed by atoms with Gasteiger partial charge in [0, 0.05) is 11.4 Å². The van der Waals surface area contributed by atoms with Crippen LogP contribution in [0.4, 0.5) is 4.39 Å². The lowest BCUT2D eigenvalue weighted by atomic mass is 10.1. The minimum Gasteiger partial charge on any atom is -0.507 e. The Morgan fingerprint density at radius 1 is 1.19 bits per heavy atom. The molecule has 0 heterocycles. The van der Waals surface area contributed by atoms with E-state index in [9.17, 15) is 14.3 Å². The van der Waals surface area contributed by atoms with Crippen LogP contribution in [-0.4, -0.2) is 16.2 Å². The molecule has 21 heavy (non-hydrogen) atoms. The zero-order valence-corrected chi connectivity index (χ0v) is 12.6. The number of phenols is 1. The zero-order chi connectivity index (χ0) is 15.7. The first-order valence-corrected chi connectivity index (χ1v) is 7.45. The molecule has 0 fully saturated rings. The van der Waals surface area contributed by atoms with Gasteiger partial charge in [-0.25, -0.2) is 4.39 Å². The topological polar surface area (TPSA) is 57.5 Å². The van der Waals surface area contributed by atoms with Crippen molar-refractivity contribution in [3.8, 4) is 5.75 Å². The van der Waals surface area contributed by atoms with Crippen LogP contribution in [0, 0.1) is 0 Å². The van der Waals surface area contributed by atoms with E-state index >= 15 is 0 Å². The Balaban J connectivity index is 2.27. The standard InChI is InChI=1S/C16H20ClFO3/c17-12-9-10-15(19)13(11-12)14(18)7-5-3-1-2-4-6-8-16(20)21/h7,9-11,19H,1-6,8H2,(H,20,21)/b14-7+. The quantitative estimate of drug-likeness (QED) is 0.618. The Labute approximate surface area is 129 Å². The van der Waals surface area contributed by atoms with Gasteiger partial charge in [-0.2, -0.15) is 0 Å². The molecule has 0 radical (unpaired) electrons. The zero-order valence-electron chi connectivity index (χ0n) is 11.8. The molecule has 0 aliphatic heterocycles. The van der Waals surface area contributed by atoms with Gasteiger partial charge in [-0.3, -0.25) is 4.79 Å². The Morgan fingerprint density at radius 2 is 1.86 bits per heavy atom. The van der Waals surface area contributed by atoms with Crippen LogP contribution in [0.25, 0.3) is 5.83 Å². The number of allylic oxidation sites excluding steroid dienone is 1. The molecule has 2 N–H and O–H groups in total. The first kappa shape index (κ1) is 17.5. The van der Waals surface area contributed by atoms with Crippen molar-refractivity contribution in [2.24, 2.45) is 0 Å². The van der Waals surface area contributed by atoms with Crippen LogP contribution in [0.1, 0.15) is 50.5 Å². The van der Waals surface area contributed by atoms with Crippen LogP contribution >= 0.6 is 11.6 Å². The molecule has 5 heteroatoms. The van der Waals surface area contributed by atoms with Crippen LogP contribution in [0.5, 0.6) is 5.75 Å². The molecular weight excluding hydrogens is 295 g/mol. The van der Waals surface area contributed by atoms with Crippen molar-refractivity contribution in [1.82, 2.24) is 0 Å². The number of halogens is 2. The third kappa shape index (κ3) is 7.14. The average molecular weight is 315 g/mol. The molecule has 0 saturated carbocycles. The predicted octanol–water partition coefficient (Wildman–Crippen LogP) is 5.17. The van der Waals surface area contributed by atoms with E-state index in [1.807, 2.05) is 0 Å². The molecule has 0 saturated heterocycles. The average Bonchev–Trinajstić information content (AvgIpc) is 2.43. The minimum absolute atomic E-state index is 0.115. The smallest absolute Gasteiger partial charge is 0.303 e. The summed E-state index contributed by atoms with van der Waals surface area (Å²) in [4.78, 5) is 10.3. The maximum absolute atomic E-state index is 13.9. The Kier molecular flexibility index (Phi) is 7.83. The van der Waals surface area contributed by atoms with Crippen LogP contribution in [0.3, 0.4) is 0 Å². The van der Waals surface area contributed by atoms with Crippen LogP contribution < -0.4 is 0 Å². The number of carboxylic acids is 1. The van der Waals surface area contributed by atoms with Gasteiger partial charge in [0.25, 0.3) is 0 Å². The van der Waals surface area contributed by atoms with E-state index in [4.69, 9.17) is 16.7 Å². The maximum atomic E-state index is 13.9. The number of rotatable bonds is 9. The van der Waals surface area contributed by atoms with Crippen molar-refractivity contribution in [2.45, 2.75) is 44.9 Å². The third-order valence-corrected chi connectivity index (χ3v) is 3.37. The highest BCUT2D eigenvalue weighted by molar-refractivity contribution is 6.30. The largest absolute Gasteiger partial charge is 0.507 e. The Bertz CT molecular complexity index is 500. The van der Waals surface area contributed by atoms with Crippen molar-refractivity contribution in [1.29, 1.82) is 0 Å². The van der Waals surface area contributed by atoms with Gasteiger partial charge in [0.2, 0.25) is 0 Å². The fraction of sp³-hybridized carbons (Fsp3) is 0.438. The van der Waals surface area contributed by atoms with Crippen molar-refractivity contribution >= 4 is 23.4 Å². The van der Waals surface area contributed by atoms with Crippen LogP contribution in [0.2, 0.25) is 5.02 Å². The summed E-state index contributed by atoms with van der Waals surface area (Å²) in [5, 5.41) is 18.4. The summed E-state index contributed by atoms with van der Waals surface area (Å²) in [6.45, 7) is 0. The second-order valence-electron chi connectivity index (χ2n) is 4.91. The van der Waals surface area contributed by atoms with E-state index in [-0.39, 0.29) is 17.7 Å². The summed E-state index contributed by atoms with van der Waals surface area (Å²) in [7, 11) is 0. The van der Waals surface area contributed by atoms with Gasteiger partial charge < -0.3 is 10.2 Å². The van der Waals surface area contributed by atoms with E-state index in [0.717, 1.165) is 25.7 Å². The second-order valence-corrected chi connectivity index (χ2v) is 5.35. The van der Waals surface area contributed by atoms with Gasteiger partial charge in [0.05, 0.1) is 5.56 Å². The fourth-order valence-corrected chi connectivity index (χ4v) is 2.16. The molecule has 0 aliphatic rings. The predicted molar refractivity (Wildman–Crippen MR) is 82.2 cm³/mol. The van der Waals surface area contributed by atoms with Gasteiger partial charge in [0.1, 0.15) is 11.6 Å². The van der Waals surface area contributed by atoms with E-state index in [1.165, 1.54) is 24.3 Å². The number of aliphatic carboxylic acids is 1. The van der Waals surface area contributed by atoms with Gasteiger partial charge in [-0.05, 0) is 43.5 Å². The molecule has 1 aromatic carbocycles. The van der Waals surface area contributed by atoms with Gasteiger partial charge >= 0.3 is 5.97 Å². The summed E-state index contributed by atoms with van der Waals surface area (Å²) in [6, 6.07) is 4.27. The molecule has 0 aromatic heterocycles. The molecule has 0 bridgehead atoms. The van der Waals surface area contributed by atoms with Crippen molar-refractivity contribution in [3.63, 3.8) is 0 Å². The lowest BCUT2D eigenvalue weighted by Crippen LogP contribution is -1.93. The third-order valence-electron chi connectivity index (χ3n) is 3.13. The number of carbonyl (C=O) groups is 1. The highest BCUT2D eigenvalue weighted by Crippen LogP contribution is 2.29. The number of phenolic OH excluding ortho intramolecular Hbond substituents is 1. The lowest BCUT2D eigenvalue weighted by Gasteiger charge is -2.03. The molecule has 0 amide bonds. The molecule has 0 aliphatic carbocycles. The molecule has 1 aromatic rings. The van der Waals surface area contributed by atoms with E-state index < -0.39 is 11.8 Å². The van der Waals surface area contributed by atoms with Gasteiger partial charge in [-0.15, -0.1) is 0 Å². The SMILES string of the molecule is O=C(O)CCCCCCC/C=C(/F)c1cc(Cl)ccc1O. The highest BCUT2D eigenvalue weighted by Gasteiger charge is 2.07. The Morgan fingerprint density at radius 3 is 2.57 bits per heavy atom. The number of hydrogen-bond acceptors (Lipinski definition) is 2. The normalized spacial score (nSPS) is 11.6. The number of hydrogen-bond donors (Lipinski definition) is 2. The minimum atomic E-state index is -0.763. The first-order chi connectivity index (χ1) is 10.0.